The van der Waals surface area contributed by atoms with Gasteiger partial charge in [0.05, 0.1) is 9.75 Å². The molecule has 130 valence electrons. The Hall–Kier alpha value is -1.76. The minimum absolute atomic E-state index is 0.270. The standard InChI is InChI=1S/C24H20Cl2/c25-23(17-9-3-1-4-10-17)15-21(23)19-13-7-8-14-20(19)22-16-24(22,26)18-11-5-2-6-12-18/h1-14,21-22H,15-16H2/t21-,22+,23+,24-. The molecular weight excluding hydrogens is 359 g/mol. The number of alkyl halides is 2. The van der Waals surface area contributed by atoms with Gasteiger partial charge in [-0.05, 0) is 35.1 Å². The third-order valence-corrected chi connectivity index (χ3v) is 7.31. The number of halogens is 2. The summed E-state index contributed by atoms with van der Waals surface area (Å²) >= 11 is 14.0. The summed E-state index contributed by atoms with van der Waals surface area (Å²) in [7, 11) is 0. The molecule has 0 nitrogen and oxygen atoms in total. The van der Waals surface area contributed by atoms with Gasteiger partial charge in [-0.25, -0.2) is 0 Å². The molecule has 5 rings (SSSR count). The molecule has 2 heteroatoms. The second-order valence-electron chi connectivity index (χ2n) is 7.60. The molecule has 2 saturated carbocycles. The van der Waals surface area contributed by atoms with Crippen LogP contribution in [0.1, 0.15) is 46.9 Å². The van der Waals surface area contributed by atoms with E-state index in [-0.39, 0.29) is 9.75 Å². The molecule has 0 aromatic heterocycles. The number of benzene rings is 3. The second kappa shape index (κ2) is 5.87. The van der Waals surface area contributed by atoms with E-state index in [1.54, 1.807) is 0 Å². The van der Waals surface area contributed by atoms with Crippen molar-refractivity contribution in [3.63, 3.8) is 0 Å². The molecule has 0 aliphatic heterocycles. The van der Waals surface area contributed by atoms with Crippen molar-refractivity contribution in [3.8, 4) is 0 Å². The molecule has 4 atom stereocenters. The monoisotopic (exact) mass is 378 g/mol. The molecule has 2 aliphatic rings. The molecule has 3 aromatic rings. The highest BCUT2D eigenvalue weighted by molar-refractivity contribution is 6.27. The Kier molecular flexibility index (Phi) is 3.71. The van der Waals surface area contributed by atoms with E-state index in [9.17, 15) is 0 Å². The van der Waals surface area contributed by atoms with Gasteiger partial charge in [0.25, 0.3) is 0 Å². The fourth-order valence-corrected chi connectivity index (χ4v) is 5.20. The van der Waals surface area contributed by atoms with Crippen LogP contribution in [0, 0.1) is 0 Å². The predicted octanol–water partition coefficient (Wildman–Crippen LogP) is 6.93. The van der Waals surface area contributed by atoms with Crippen LogP contribution in [-0.2, 0) is 9.75 Å². The molecule has 0 bridgehead atoms. The third-order valence-electron chi connectivity index (χ3n) is 6.04. The zero-order chi connectivity index (χ0) is 17.8. The fourth-order valence-electron chi connectivity index (χ4n) is 4.40. The number of hydrogen-bond acceptors (Lipinski definition) is 0. The Morgan fingerprint density at radius 1 is 0.538 bits per heavy atom. The summed E-state index contributed by atoms with van der Waals surface area (Å²) in [5, 5.41) is 0. The van der Waals surface area contributed by atoms with E-state index in [1.807, 2.05) is 12.1 Å². The SMILES string of the molecule is Cl[C@@]1(c2ccccc2)C[C@H]1c1ccccc1[C@H]1C[C@]1(Cl)c1ccccc1. The van der Waals surface area contributed by atoms with E-state index in [1.165, 1.54) is 22.3 Å². The molecular formula is C24H20Cl2. The van der Waals surface area contributed by atoms with Gasteiger partial charge < -0.3 is 0 Å². The zero-order valence-corrected chi connectivity index (χ0v) is 15.9. The van der Waals surface area contributed by atoms with Gasteiger partial charge in [-0.2, -0.15) is 0 Å². The fraction of sp³-hybridized carbons (Fsp3) is 0.250. The third kappa shape index (κ3) is 2.51. The van der Waals surface area contributed by atoms with E-state index in [4.69, 9.17) is 23.2 Å². The quantitative estimate of drug-likeness (QED) is 0.431. The van der Waals surface area contributed by atoms with Gasteiger partial charge in [0.1, 0.15) is 0 Å². The summed E-state index contributed by atoms with van der Waals surface area (Å²) in [6, 6.07) is 29.7. The summed E-state index contributed by atoms with van der Waals surface area (Å²) in [6.07, 6.45) is 1.98. The van der Waals surface area contributed by atoms with Gasteiger partial charge in [-0.3, -0.25) is 0 Å². The lowest BCUT2D eigenvalue weighted by Crippen LogP contribution is -2.04. The Morgan fingerprint density at radius 3 is 1.27 bits per heavy atom. The van der Waals surface area contributed by atoms with Crippen LogP contribution in [0.25, 0.3) is 0 Å². The molecule has 0 spiro atoms. The Morgan fingerprint density at radius 2 is 0.885 bits per heavy atom. The number of rotatable bonds is 4. The molecule has 0 heterocycles. The van der Waals surface area contributed by atoms with Gasteiger partial charge in [-0.1, -0.05) is 84.9 Å². The highest BCUT2D eigenvalue weighted by Gasteiger charge is 2.59. The minimum atomic E-state index is -0.270. The van der Waals surface area contributed by atoms with Crippen LogP contribution >= 0.6 is 23.2 Å². The maximum absolute atomic E-state index is 7.02. The van der Waals surface area contributed by atoms with Crippen LogP contribution < -0.4 is 0 Å². The van der Waals surface area contributed by atoms with Crippen molar-refractivity contribution < 1.29 is 0 Å². The van der Waals surface area contributed by atoms with Crippen molar-refractivity contribution in [2.24, 2.45) is 0 Å². The summed E-state index contributed by atoms with van der Waals surface area (Å²) in [5.74, 6) is 0.722. The maximum Gasteiger partial charge on any atom is 0.0770 e. The Labute approximate surface area is 164 Å². The first-order valence-corrected chi connectivity index (χ1v) is 9.96. The summed E-state index contributed by atoms with van der Waals surface area (Å²) in [6.45, 7) is 0. The van der Waals surface area contributed by atoms with E-state index in [2.05, 4.69) is 72.8 Å². The molecule has 2 fully saturated rings. The van der Waals surface area contributed by atoms with Crippen molar-refractivity contribution in [2.75, 3.05) is 0 Å². The van der Waals surface area contributed by atoms with Crippen molar-refractivity contribution in [3.05, 3.63) is 107 Å². The highest BCUT2D eigenvalue weighted by Crippen LogP contribution is 2.68. The Bertz CT molecular complexity index is 858. The lowest BCUT2D eigenvalue weighted by Gasteiger charge is -2.15. The van der Waals surface area contributed by atoms with Gasteiger partial charge in [0, 0.05) is 11.8 Å². The highest BCUT2D eigenvalue weighted by atomic mass is 35.5. The lowest BCUT2D eigenvalue weighted by atomic mass is 9.94. The smallest absolute Gasteiger partial charge is 0.0770 e. The summed E-state index contributed by atoms with van der Waals surface area (Å²) in [5.41, 5.74) is 5.18. The van der Waals surface area contributed by atoms with Gasteiger partial charge in [0.15, 0.2) is 0 Å². The Balaban J connectivity index is 1.47. The van der Waals surface area contributed by atoms with E-state index < -0.39 is 0 Å². The normalized spacial score (nSPS) is 32.2. The van der Waals surface area contributed by atoms with Crippen LogP contribution in [0.4, 0.5) is 0 Å². The number of hydrogen-bond donors (Lipinski definition) is 0. The van der Waals surface area contributed by atoms with Crippen LogP contribution in [0.15, 0.2) is 84.9 Å². The van der Waals surface area contributed by atoms with Crippen LogP contribution in [-0.4, -0.2) is 0 Å². The predicted molar refractivity (Wildman–Crippen MR) is 109 cm³/mol. The topological polar surface area (TPSA) is 0 Å². The molecule has 0 radical (unpaired) electrons. The summed E-state index contributed by atoms with van der Waals surface area (Å²) < 4.78 is 0. The van der Waals surface area contributed by atoms with Gasteiger partial charge in [-0.15, -0.1) is 23.2 Å². The molecule has 0 N–H and O–H groups in total. The first-order chi connectivity index (χ1) is 12.6. The zero-order valence-electron chi connectivity index (χ0n) is 14.4. The molecule has 3 aromatic carbocycles. The van der Waals surface area contributed by atoms with Crippen molar-refractivity contribution in [2.45, 2.75) is 34.4 Å². The lowest BCUT2D eigenvalue weighted by molar-refractivity contribution is 0.890. The molecule has 2 aliphatic carbocycles. The first kappa shape index (κ1) is 16.4. The van der Waals surface area contributed by atoms with Crippen molar-refractivity contribution in [1.82, 2.24) is 0 Å². The molecule has 0 unspecified atom stereocenters. The first-order valence-electron chi connectivity index (χ1n) is 9.20. The van der Waals surface area contributed by atoms with E-state index in [0.717, 1.165) is 12.8 Å². The van der Waals surface area contributed by atoms with Gasteiger partial charge in [0.2, 0.25) is 0 Å². The molecule has 0 saturated heterocycles. The van der Waals surface area contributed by atoms with Crippen molar-refractivity contribution >= 4 is 23.2 Å². The van der Waals surface area contributed by atoms with Crippen LogP contribution in [0.5, 0.6) is 0 Å². The average molecular weight is 379 g/mol. The average Bonchev–Trinajstić information content (AvgIpc) is 3.59. The van der Waals surface area contributed by atoms with E-state index in [0.29, 0.717) is 11.8 Å². The molecule has 0 amide bonds. The van der Waals surface area contributed by atoms with Crippen LogP contribution in [0.2, 0.25) is 0 Å². The van der Waals surface area contributed by atoms with Crippen molar-refractivity contribution in [1.29, 1.82) is 0 Å². The summed E-state index contributed by atoms with van der Waals surface area (Å²) in [4.78, 5) is -0.540. The van der Waals surface area contributed by atoms with Crippen LogP contribution in [0.3, 0.4) is 0 Å². The molecule has 26 heavy (non-hydrogen) atoms. The van der Waals surface area contributed by atoms with Gasteiger partial charge >= 0.3 is 0 Å². The second-order valence-corrected chi connectivity index (χ2v) is 8.95. The largest absolute Gasteiger partial charge is 0.113 e. The minimum Gasteiger partial charge on any atom is -0.113 e. The maximum atomic E-state index is 7.02. The van der Waals surface area contributed by atoms with E-state index >= 15 is 0 Å².